The van der Waals surface area contributed by atoms with Crippen LogP contribution in [0.15, 0.2) is 182 Å². The van der Waals surface area contributed by atoms with Crippen molar-refractivity contribution in [2.45, 2.75) is 101 Å². The number of carbonyl (C=O) groups excluding carboxylic acids is 4. The van der Waals surface area contributed by atoms with Gasteiger partial charge in [-0.25, -0.2) is 19.2 Å². The molecule has 78 heavy (non-hydrogen) atoms. The van der Waals surface area contributed by atoms with Crippen LogP contribution in [0.1, 0.15) is 73.8 Å². The van der Waals surface area contributed by atoms with Crippen LogP contribution < -0.4 is 0 Å². The fourth-order valence-corrected chi connectivity index (χ4v) is 9.18. The molecule has 3 fully saturated rings. The van der Waals surface area contributed by atoms with E-state index in [0.29, 0.717) is 18.6 Å². The Balaban J connectivity index is 1.06. The van der Waals surface area contributed by atoms with Crippen LogP contribution in [0.4, 0.5) is 4.79 Å². The molecule has 0 bridgehead atoms. The van der Waals surface area contributed by atoms with Crippen molar-refractivity contribution in [2.75, 3.05) is 33.0 Å². The molecule has 11 atom stereocenters. The quantitative estimate of drug-likeness (QED) is 0.0385. The number of ether oxygens (including phenoxy) is 11. The Bertz CT molecular complexity index is 2800. The number of amides is 1. The second kappa shape index (κ2) is 27.8. The third kappa shape index (κ3) is 14.6. The smallest absolute Gasteiger partial charge is 0.410 e. The summed E-state index contributed by atoms with van der Waals surface area (Å²) in [6.07, 6.45) is -14.3. The first-order valence-electron chi connectivity index (χ1n) is 26.2. The first-order chi connectivity index (χ1) is 38.2. The SMILES string of the molecule is CCCCOCC1O[C@@H](OCCN(Cc2ccccc2)C(=O)OCc2ccccc2)[C@@H](OC(=O)c2ccccc2)C(OC(=O)c2ccccc2)[C@@H]1O[C@@H]1OC2COC(c3ccccc3)O[C@H]2C(O)C1OC(=O)c1ccccc1. The Morgan fingerprint density at radius 1 is 0.577 bits per heavy atom. The fourth-order valence-electron chi connectivity index (χ4n) is 9.18. The number of nitrogens with zero attached hydrogens (tertiary/aromatic N) is 1. The largest absolute Gasteiger partial charge is 0.452 e. The van der Waals surface area contributed by atoms with E-state index in [1.165, 1.54) is 4.90 Å². The zero-order chi connectivity index (χ0) is 54.1. The summed E-state index contributed by atoms with van der Waals surface area (Å²) in [6.45, 7) is 1.99. The van der Waals surface area contributed by atoms with Crippen LogP contribution in [0.2, 0.25) is 0 Å². The third-order valence-electron chi connectivity index (χ3n) is 13.3. The number of aliphatic hydroxyl groups is 1. The van der Waals surface area contributed by atoms with Crippen molar-refractivity contribution in [2.24, 2.45) is 0 Å². The first kappa shape index (κ1) is 55.4. The molecule has 1 N–H and O–H groups in total. The van der Waals surface area contributed by atoms with E-state index in [-0.39, 0.29) is 56.2 Å². The molecule has 0 aromatic heterocycles. The Morgan fingerprint density at radius 2 is 1.10 bits per heavy atom. The van der Waals surface area contributed by atoms with E-state index in [0.717, 1.165) is 17.5 Å². The van der Waals surface area contributed by atoms with Crippen molar-refractivity contribution in [1.82, 2.24) is 4.90 Å². The van der Waals surface area contributed by atoms with E-state index >= 15 is 0 Å². The zero-order valence-electron chi connectivity index (χ0n) is 43.1. The highest BCUT2D eigenvalue weighted by Gasteiger charge is 2.57. The molecular formula is C61H63NO16. The number of unbranched alkanes of at least 4 members (excludes halogenated alkanes) is 1. The molecule has 0 spiro atoms. The summed E-state index contributed by atoms with van der Waals surface area (Å²) in [7, 11) is 0. The molecule has 6 aromatic carbocycles. The standard InChI is InChI=1S/C61H63NO16/c1-2-3-35-68-39-47-51(78-60-52(74-55(64)43-26-14-6-15-27-43)49(63)50-48(73-60)40-70-58(77-50)46-32-20-9-21-33-46)53(75-56(65)44-28-16-7-17-29-44)54(76-57(66)45-30-18-8-19-31-45)59(72-47)69-36-34-62(37-41-22-10-4-11-23-41)61(67)71-38-42-24-12-5-13-25-42/h4-33,47-54,58-60,63H,2-3,34-40H2,1H3/t47?,48?,49?,50-,51-,52?,53?,54+,58?,59-,60+/m1/s1. The van der Waals surface area contributed by atoms with Crippen molar-refractivity contribution in [1.29, 1.82) is 0 Å². The molecule has 3 heterocycles. The van der Waals surface area contributed by atoms with Crippen molar-refractivity contribution >= 4 is 24.0 Å². The summed E-state index contributed by atoms with van der Waals surface area (Å²) in [4.78, 5) is 58.2. The summed E-state index contributed by atoms with van der Waals surface area (Å²) < 4.78 is 70.3. The van der Waals surface area contributed by atoms with Gasteiger partial charge in [-0.1, -0.05) is 159 Å². The van der Waals surface area contributed by atoms with E-state index in [1.54, 1.807) is 91.0 Å². The van der Waals surface area contributed by atoms with Gasteiger partial charge in [0.2, 0.25) is 0 Å². The Kier molecular flexibility index (Phi) is 19.8. The van der Waals surface area contributed by atoms with E-state index in [1.807, 2.05) is 97.9 Å². The predicted molar refractivity (Wildman–Crippen MR) is 280 cm³/mol. The molecule has 6 unspecified atom stereocenters. The number of hydrogen-bond donors (Lipinski definition) is 1. The molecule has 6 aromatic rings. The summed E-state index contributed by atoms with van der Waals surface area (Å²) in [5, 5.41) is 12.4. The predicted octanol–water partition coefficient (Wildman–Crippen LogP) is 8.65. The number of benzene rings is 6. The van der Waals surface area contributed by atoms with Crippen LogP contribution in [0, 0.1) is 0 Å². The number of hydrogen-bond acceptors (Lipinski definition) is 16. The number of rotatable bonds is 22. The normalized spacial score (nSPS) is 24.7. The van der Waals surface area contributed by atoms with Crippen LogP contribution in [-0.4, -0.2) is 128 Å². The minimum absolute atomic E-state index is 0.0222. The van der Waals surface area contributed by atoms with E-state index in [2.05, 4.69) is 0 Å². The third-order valence-corrected chi connectivity index (χ3v) is 13.3. The minimum atomic E-state index is -1.63. The van der Waals surface area contributed by atoms with Gasteiger partial charge in [0.15, 0.2) is 37.2 Å². The maximum atomic E-state index is 14.5. The lowest BCUT2D eigenvalue weighted by Crippen LogP contribution is -2.67. The highest BCUT2D eigenvalue weighted by atomic mass is 16.8. The fraction of sp³-hybridized carbons (Fsp3) is 0.344. The Hall–Kier alpha value is -7.32. The first-order valence-corrected chi connectivity index (χ1v) is 26.2. The number of fused-ring (bicyclic) bond motifs is 1. The van der Waals surface area contributed by atoms with Crippen LogP contribution in [0.25, 0.3) is 0 Å². The van der Waals surface area contributed by atoms with Crippen molar-refractivity contribution in [3.63, 3.8) is 0 Å². The van der Waals surface area contributed by atoms with Gasteiger partial charge in [-0.15, -0.1) is 0 Å². The molecule has 17 heteroatoms. The second-order valence-corrected chi connectivity index (χ2v) is 18.8. The van der Waals surface area contributed by atoms with E-state index in [4.69, 9.17) is 52.1 Å². The molecule has 408 valence electrons. The van der Waals surface area contributed by atoms with E-state index in [9.17, 15) is 24.3 Å². The highest BCUT2D eigenvalue weighted by Crippen LogP contribution is 2.39. The lowest BCUT2D eigenvalue weighted by molar-refractivity contribution is -0.384. The summed E-state index contributed by atoms with van der Waals surface area (Å²) in [5.41, 5.74) is 2.80. The minimum Gasteiger partial charge on any atom is -0.452 e. The maximum Gasteiger partial charge on any atom is 0.410 e. The molecule has 3 saturated heterocycles. The van der Waals surface area contributed by atoms with Gasteiger partial charge in [0, 0.05) is 25.3 Å². The Labute approximate surface area is 452 Å². The van der Waals surface area contributed by atoms with Gasteiger partial charge < -0.3 is 62.1 Å². The van der Waals surface area contributed by atoms with Crippen molar-refractivity contribution in [3.05, 3.63) is 215 Å². The molecule has 17 nitrogen and oxygen atoms in total. The topological polar surface area (TPSA) is 193 Å². The summed E-state index contributed by atoms with van der Waals surface area (Å²) in [6, 6.07) is 52.4. The zero-order valence-corrected chi connectivity index (χ0v) is 43.1. The van der Waals surface area contributed by atoms with Crippen molar-refractivity contribution in [3.8, 4) is 0 Å². The molecule has 0 aliphatic carbocycles. The maximum absolute atomic E-state index is 14.5. The summed E-state index contributed by atoms with van der Waals surface area (Å²) in [5.74, 6) is -2.45. The van der Waals surface area contributed by atoms with Gasteiger partial charge in [0.05, 0.1) is 36.5 Å². The monoisotopic (exact) mass is 1070 g/mol. The van der Waals surface area contributed by atoms with E-state index < -0.39 is 91.7 Å². The average molecular weight is 1070 g/mol. The second-order valence-electron chi connectivity index (χ2n) is 18.8. The van der Waals surface area contributed by atoms with Crippen LogP contribution in [-0.2, 0) is 65.3 Å². The molecule has 3 aliphatic heterocycles. The molecule has 3 aliphatic rings. The number of esters is 3. The van der Waals surface area contributed by atoms with Crippen LogP contribution >= 0.6 is 0 Å². The average Bonchev–Trinajstić information content (AvgIpc) is 3.67. The van der Waals surface area contributed by atoms with Gasteiger partial charge in [-0.3, -0.25) is 0 Å². The van der Waals surface area contributed by atoms with Crippen LogP contribution in [0.3, 0.4) is 0 Å². The molecule has 0 radical (unpaired) electrons. The molecular weight excluding hydrogens is 1000 g/mol. The molecule has 1 amide bonds. The lowest BCUT2D eigenvalue weighted by atomic mass is 9.95. The van der Waals surface area contributed by atoms with Gasteiger partial charge >= 0.3 is 24.0 Å². The highest BCUT2D eigenvalue weighted by molar-refractivity contribution is 5.91. The van der Waals surface area contributed by atoms with Gasteiger partial charge in [0.1, 0.15) is 37.1 Å². The van der Waals surface area contributed by atoms with Crippen molar-refractivity contribution < 1.29 is 76.4 Å². The Morgan fingerprint density at radius 3 is 1.68 bits per heavy atom. The van der Waals surface area contributed by atoms with Gasteiger partial charge in [0.25, 0.3) is 0 Å². The van der Waals surface area contributed by atoms with Crippen LogP contribution in [0.5, 0.6) is 0 Å². The number of aliphatic hydroxyl groups excluding tert-OH is 1. The molecule has 0 saturated carbocycles. The summed E-state index contributed by atoms with van der Waals surface area (Å²) >= 11 is 0. The lowest BCUT2D eigenvalue weighted by Gasteiger charge is -2.50. The molecule has 9 rings (SSSR count). The van der Waals surface area contributed by atoms with Gasteiger partial charge in [-0.05, 0) is 53.9 Å². The van der Waals surface area contributed by atoms with Gasteiger partial charge in [-0.2, -0.15) is 0 Å². The number of carbonyl (C=O) groups is 4.